The molecule has 1 aromatic rings. The molecule has 3 rings (SSSR count). The van der Waals surface area contributed by atoms with Gasteiger partial charge in [0.25, 0.3) is 0 Å². The number of oxime groups is 1. The zero-order valence-corrected chi connectivity index (χ0v) is 12.5. The predicted octanol–water partition coefficient (Wildman–Crippen LogP) is 3.32. The second-order valence-electron chi connectivity index (χ2n) is 4.26. The zero-order chi connectivity index (χ0) is 13.6. The molecule has 1 atom stereocenters. The van der Waals surface area contributed by atoms with E-state index in [-0.39, 0.29) is 0 Å². The van der Waals surface area contributed by atoms with Gasteiger partial charge in [-0.2, -0.15) is 0 Å². The van der Waals surface area contributed by atoms with Crippen LogP contribution in [0.4, 0.5) is 0 Å². The van der Waals surface area contributed by atoms with Gasteiger partial charge in [0.05, 0.1) is 0 Å². The lowest BCUT2D eigenvalue weighted by Gasteiger charge is -2.35. The van der Waals surface area contributed by atoms with Gasteiger partial charge in [0.1, 0.15) is 0 Å². The van der Waals surface area contributed by atoms with E-state index < -0.39 is 4.93 Å². The minimum atomic E-state index is -1.26. The van der Waals surface area contributed by atoms with Crippen molar-refractivity contribution in [1.29, 1.82) is 0 Å². The molecule has 0 aliphatic carbocycles. The maximum atomic E-state index is 10.9. The minimum absolute atomic E-state index is 0.402. The lowest BCUT2D eigenvalue weighted by Crippen LogP contribution is -2.43. The van der Waals surface area contributed by atoms with E-state index in [0.717, 1.165) is 15.7 Å². The van der Waals surface area contributed by atoms with Crippen LogP contribution in [0.5, 0.6) is 0 Å². The van der Waals surface area contributed by atoms with Gasteiger partial charge in [-0.15, -0.1) is 0 Å². The highest BCUT2D eigenvalue weighted by Crippen LogP contribution is 2.45. The number of allylic oxidation sites excluding steroid dienone is 1. The first kappa shape index (κ1) is 12.8. The van der Waals surface area contributed by atoms with Gasteiger partial charge in [0, 0.05) is 15.7 Å². The summed E-state index contributed by atoms with van der Waals surface area (Å²) in [5.41, 5.74) is 1.67. The van der Waals surface area contributed by atoms with Gasteiger partial charge in [0.15, 0.2) is 0 Å². The largest absolute Gasteiger partial charge is 0.368 e. The summed E-state index contributed by atoms with van der Waals surface area (Å²) in [6, 6.07) is 7.48. The second kappa shape index (κ2) is 4.40. The molecule has 0 saturated heterocycles. The fourth-order valence-corrected chi connectivity index (χ4v) is 3.24. The molecule has 0 radical (unpaired) electrons. The van der Waals surface area contributed by atoms with Crippen molar-refractivity contribution in [1.82, 2.24) is 4.90 Å². The summed E-state index contributed by atoms with van der Waals surface area (Å²) in [5, 5.41) is 16.8. The smallest absolute Gasteiger partial charge is 0.228 e. The Morgan fingerprint density at radius 3 is 2.79 bits per heavy atom. The summed E-state index contributed by atoms with van der Waals surface area (Å²) in [4.78, 5) is 5.56. The molecule has 98 valence electrons. The van der Waals surface area contributed by atoms with Crippen LogP contribution in [0.3, 0.4) is 0 Å². The van der Waals surface area contributed by atoms with Crippen molar-refractivity contribution in [3.63, 3.8) is 0 Å². The van der Waals surface area contributed by atoms with Crippen LogP contribution < -0.4 is 0 Å². The number of halogens is 1. The van der Waals surface area contributed by atoms with Gasteiger partial charge in [-0.3, -0.25) is 4.90 Å². The quantitative estimate of drug-likeness (QED) is 0.853. The van der Waals surface area contributed by atoms with Crippen LogP contribution in [0.25, 0.3) is 0 Å². The molecule has 4 nitrogen and oxygen atoms in total. The van der Waals surface area contributed by atoms with Gasteiger partial charge in [-0.25, -0.2) is 0 Å². The van der Waals surface area contributed by atoms with Gasteiger partial charge < -0.3 is 9.94 Å². The molecule has 6 heteroatoms. The maximum absolute atomic E-state index is 10.9. The number of thioether (sulfide) groups is 1. The Balaban J connectivity index is 2.10. The first-order valence-corrected chi connectivity index (χ1v) is 7.27. The summed E-state index contributed by atoms with van der Waals surface area (Å²) in [6.45, 7) is 5.70. The van der Waals surface area contributed by atoms with E-state index in [9.17, 15) is 5.11 Å². The molecule has 1 N–H and O–H groups in total. The number of nitrogens with zero attached hydrogens (tertiary/aromatic N) is 2. The highest BCUT2D eigenvalue weighted by atomic mass is 79.9. The molecular formula is C13H11BrN2O2S. The molecule has 1 unspecified atom stereocenters. The van der Waals surface area contributed by atoms with Crippen LogP contribution in [0, 0.1) is 0 Å². The van der Waals surface area contributed by atoms with E-state index in [1.54, 1.807) is 4.90 Å². The van der Waals surface area contributed by atoms with Gasteiger partial charge in [-0.05, 0) is 31.0 Å². The van der Waals surface area contributed by atoms with Crippen molar-refractivity contribution in [2.45, 2.75) is 11.9 Å². The van der Waals surface area contributed by atoms with Crippen molar-refractivity contribution in [2.24, 2.45) is 5.16 Å². The van der Waals surface area contributed by atoms with E-state index in [2.05, 4.69) is 27.7 Å². The third-order valence-electron chi connectivity index (χ3n) is 2.99. The maximum Gasteiger partial charge on any atom is 0.228 e. The summed E-state index contributed by atoms with van der Waals surface area (Å²) in [6.07, 6.45) is 0. The molecule has 0 fully saturated rings. The van der Waals surface area contributed by atoms with Crippen LogP contribution in [0.15, 0.2) is 57.5 Å². The molecule has 0 spiro atoms. The number of aliphatic hydroxyl groups is 1. The Bertz CT molecular complexity index is 612. The Kier molecular flexibility index (Phi) is 2.96. The first-order valence-electron chi connectivity index (χ1n) is 5.60. The Morgan fingerprint density at radius 1 is 1.42 bits per heavy atom. The fraction of sp³-hybridized carbons (Fsp3) is 0.154. The molecule has 0 amide bonds. The molecule has 0 saturated carbocycles. The zero-order valence-electron chi connectivity index (χ0n) is 10.1. The topological polar surface area (TPSA) is 45.1 Å². The van der Waals surface area contributed by atoms with E-state index >= 15 is 0 Å². The Labute approximate surface area is 123 Å². The van der Waals surface area contributed by atoms with Gasteiger partial charge >= 0.3 is 0 Å². The third-order valence-corrected chi connectivity index (χ3v) is 4.74. The molecule has 19 heavy (non-hydrogen) atoms. The molecular weight excluding hydrogens is 328 g/mol. The monoisotopic (exact) mass is 338 g/mol. The SMILES string of the molecule is C=C1ON=C2N1C(C)=CSC2(O)c1ccc(Br)cc1. The fourth-order valence-electron chi connectivity index (χ4n) is 2.02. The van der Waals surface area contributed by atoms with Crippen LogP contribution in [-0.4, -0.2) is 15.8 Å². The van der Waals surface area contributed by atoms with Crippen molar-refractivity contribution < 1.29 is 9.94 Å². The highest BCUT2D eigenvalue weighted by molar-refractivity contribution is 9.10. The van der Waals surface area contributed by atoms with Crippen molar-refractivity contribution in [3.05, 3.63) is 57.9 Å². The normalized spacial score (nSPS) is 25.6. The van der Waals surface area contributed by atoms with Crippen LogP contribution >= 0.6 is 27.7 Å². The van der Waals surface area contributed by atoms with Crippen LogP contribution in [0.1, 0.15) is 12.5 Å². The number of hydrogen-bond donors (Lipinski definition) is 1. The summed E-state index contributed by atoms with van der Waals surface area (Å²) in [5.74, 6) is 0.837. The number of amidine groups is 1. The average molecular weight is 339 g/mol. The number of rotatable bonds is 1. The number of hydrogen-bond acceptors (Lipinski definition) is 5. The van der Waals surface area contributed by atoms with Crippen LogP contribution in [0.2, 0.25) is 0 Å². The van der Waals surface area contributed by atoms with Crippen molar-refractivity contribution >= 4 is 33.5 Å². The summed E-state index contributed by atoms with van der Waals surface area (Å²) < 4.78 is 0.957. The predicted molar refractivity (Wildman–Crippen MR) is 78.9 cm³/mol. The minimum Gasteiger partial charge on any atom is -0.368 e. The second-order valence-corrected chi connectivity index (χ2v) is 6.24. The first-order chi connectivity index (χ1) is 9.02. The molecule has 0 bridgehead atoms. The molecule has 1 aromatic carbocycles. The molecule has 0 aromatic heterocycles. The van der Waals surface area contributed by atoms with Gasteiger partial charge in [0.2, 0.25) is 16.7 Å². The highest BCUT2D eigenvalue weighted by Gasteiger charge is 2.47. The lowest BCUT2D eigenvalue weighted by molar-refractivity contribution is 0.198. The number of benzene rings is 1. The van der Waals surface area contributed by atoms with E-state index in [1.165, 1.54) is 11.8 Å². The van der Waals surface area contributed by atoms with E-state index in [4.69, 9.17) is 4.84 Å². The summed E-state index contributed by atoms with van der Waals surface area (Å²) >= 11 is 4.68. The van der Waals surface area contributed by atoms with Gasteiger partial charge in [-0.1, -0.05) is 45.0 Å². The van der Waals surface area contributed by atoms with Crippen molar-refractivity contribution in [3.8, 4) is 0 Å². The van der Waals surface area contributed by atoms with Crippen molar-refractivity contribution in [2.75, 3.05) is 0 Å². The number of fused-ring (bicyclic) bond motifs is 1. The molecule has 2 heterocycles. The van der Waals surface area contributed by atoms with E-state index in [1.807, 2.05) is 36.6 Å². The summed E-state index contributed by atoms with van der Waals surface area (Å²) in [7, 11) is 0. The lowest BCUT2D eigenvalue weighted by atomic mass is 10.1. The average Bonchev–Trinajstić information content (AvgIpc) is 2.79. The van der Waals surface area contributed by atoms with Crippen LogP contribution in [-0.2, 0) is 9.77 Å². The third kappa shape index (κ3) is 1.91. The van der Waals surface area contributed by atoms with E-state index in [0.29, 0.717) is 11.7 Å². The standard InChI is InChI=1S/C13H11BrN2O2S/c1-8-7-19-13(17,10-3-5-11(14)6-4-10)12-15-18-9(2)16(8)12/h3-7,17H,2H2,1H3. The molecule has 2 aliphatic heterocycles. The molecule has 2 aliphatic rings. The Morgan fingerprint density at radius 2 is 2.11 bits per heavy atom. The Hall–Kier alpha value is -1.24.